The number of halogens is 2. The number of nitrogens with zero attached hydrogens (tertiary/aromatic N) is 2. The van der Waals surface area contributed by atoms with Crippen molar-refractivity contribution in [3.63, 3.8) is 0 Å². The monoisotopic (exact) mass is 388 g/mol. The zero-order valence-electron chi connectivity index (χ0n) is 13.7. The van der Waals surface area contributed by atoms with E-state index in [4.69, 9.17) is 23.2 Å². The molecule has 24 heavy (non-hydrogen) atoms. The van der Waals surface area contributed by atoms with Crippen LogP contribution >= 0.6 is 23.2 Å². The highest BCUT2D eigenvalue weighted by atomic mass is 35.5. The molecule has 0 radical (unpaired) electrons. The van der Waals surface area contributed by atoms with Crippen molar-refractivity contribution in [2.24, 2.45) is 0 Å². The SMILES string of the molecule is Cc1cnc(Cl)nc1Nc1cc(Cl)cc(NS(=O)(=O)C(C)(C)C)c1. The quantitative estimate of drug-likeness (QED) is 0.759. The summed E-state index contributed by atoms with van der Waals surface area (Å²) >= 11 is 11.9. The van der Waals surface area contributed by atoms with Gasteiger partial charge in [-0.1, -0.05) is 11.6 Å². The summed E-state index contributed by atoms with van der Waals surface area (Å²) in [6.45, 7) is 6.67. The Morgan fingerprint density at radius 2 is 1.71 bits per heavy atom. The van der Waals surface area contributed by atoms with E-state index >= 15 is 0 Å². The zero-order valence-corrected chi connectivity index (χ0v) is 16.0. The number of nitrogens with one attached hydrogen (secondary N) is 2. The van der Waals surface area contributed by atoms with Crippen molar-refractivity contribution < 1.29 is 8.42 Å². The lowest BCUT2D eigenvalue weighted by Crippen LogP contribution is -2.33. The van der Waals surface area contributed by atoms with Gasteiger partial charge in [0.15, 0.2) is 0 Å². The van der Waals surface area contributed by atoms with Crippen LogP contribution in [0.2, 0.25) is 10.3 Å². The molecule has 1 aromatic carbocycles. The van der Waals surface area contributed by atoms with Gasteiger partial charge in [-0.05, 0) is 57.5 Å². The Labute approximate surface area is 151 Å². The van der Waals surface area contributed by atoms with Crippen LogP contribution in [0.4, 0.5) is 17.2 Å². The van der Waals surface area contributed by atoms with Crippen LogP contribution in [-0.2, 0) is 10.0 Å². The fourth-order valence-corrected chi connectivity index (χ4v) is 2.82. The van der Waals surface area contributed by atoms with E-state index in [1.165, 1.54) is 6.07 Å². The molecule has 1 heterocycles. The van der Waals surface area contributed by atoms with Crippen molar-refractivity contribution in [2.45, 2.75) is 32.4 Å². The molecule has 2 aromatic rings. The Hall–Kier alpha value is -1.57. The molecule has 0 aliphatic rings. The van der Waals surface area contributed by atoms with Gasteiger partial charge in [0.05, 0.1) is 10.4 Å². The van der Waals surface area contributed by atoms with Crippen molar-refractivity contribution in [1.29, 1.82) is 0 Å². The molecular weight excluding hydrogens is 371 g/mol. The van der Waals surface area contributed by atoms with Crippen LogP contribution in [0.3, 0.4) is 0 Å². The molecule has 2 rings (SSSR count). The van der Waals surface area contributed by atoms with Crippen molar-refractivity contribution in [3.05, 3.63) is 40.3 Å². The van der Waals surface area contributed by atoms with Gasteiger partial charge in [-0.25, -0.2) is 18.4 Å². The minimum absolute atomic E-state index is 0.110. The van der Waals surface area contributed by atoms with Gasteiger partial charge in [0.2, 0.25) is 15.3 Å². The fraction of sp³-hybridized carbons (Fsp3) is 0.333. The Balaban J connectivity index is 2.34. The average Bonchev–Trinajstić information content (AvgIpc) is 2.40. The second kappa shape index (κ2) is 6.74. The van der Waals surface area contributed by atoms with Crippen molar-refractivity contribution >= 4 is 50.4 Å². The molecule has 130 valence electrons. The van der Waals surface area contributed by atoms with E-state index in [1.807, 2.05) is 6.92 Å². The van der Waals surface area contributed by atoms with Gasteiger partial charge in [0, 0.05) is 22.5 Å². The second-order valence-electron chi connectivity index (χ2n) is 6.24. The third-order valence-corrected chi connectivity index (χ3v) is 5.68. The Bertz CT molecular complexity index is 864. The maximum Gasteiger partial charge on any atom is 0.237 e. The first-order valence-corrected chi connectivity index (χ1v) is 9.31. The Morgan fingerprint density at radius 1 is 1.08 bits per heavy atom. The lowest BCUT2D eigenvalue weighted by molar-refractivity contribution is 0.566. The molecular formula is C15H18Cl2N4O2S. The molecule has 6 nitrogen and oxygen atoms in total. The first-order valence-electron chi connectivity index (χ1n) is 7.07. The maximum absolute atomic E-state index is 12.3. The largest absolute Gasteiger partial charge is 0.340 e. The predicted octanol–water partition coefficient (Wildman–Crippen LogP) is 4.38. The molecule has 2 N–H and O–H groups in total. The second-order valence-corrected chi connectivity index (χ2v) is 9.45. The number of anilines is 3. The Kier molecular flexibility index (Phi) is 5.27. The van der Waals surface area contributed by atoms with Gasteiger partial charge in [0.1, 0.15) is 5.82 Å². The third-order valence-electron chi connectivity index (χ3n) is 3.16. The van der Waals surface area contributed by atoms with E-state index in [0.717, 1.165) is 5.56 Å². The minimum Gasteiger partial charge on any atom is -0.340 e. The normalized spacial score (nSPS) is 12.1. The molecule has 1 aromatic heterocycles. The van der Waals surface area contributed by atoms with Crippen LogP contribution in [-0.4, -0.2) is 23.1 Å². The third kappa shape index (κ3) is 4.49. The highest BCUT2D eigenvalue weighted by Gasteiger charge is 2.29. The average molecular weight is 389 g/mol. The predicted molar refractivity (Wildman–Crippen MR) is 98.8 cm³/mol. The lowest BCUT2D eigenvalue weighted by atomic mass is 10.2. The number of aromatic nitrogens is 2. The summed E-state index contributed by atoms with van der Waals surface area (Å²) in [5, 5.41) is 3.55. The summed E-state index contributed by atoms with van der Waals surface area (Å²) in [4.78, 5) is 7.99. The van der Waals surface area contributed by atoms with Crippen molar-refractivity contribution in [2.75, 3.05) is 10.0 Å². The highest BCUT2D eigenvalue weighted by Crippen LogP contribution is 2.28. The van der Waals surface area contributed by atoms with Gasteiger partial charge >= 0.3 is 0 Å². The van der Waals surface area contributed by atoms with Gasteiger partial charge in [0.25, 0.3) is 0 Å². The number of benzene rings is 1. The molecule has 0 saturated carbocycles. The van der Waals surface area contributed by atoms with Crippen molar-refractivity contribution in [3.8, 4) is 0 Å². The number of aryl methyl sites for hydroxylation is 1. The molecule has 0 bridgehead atoms. The fourth-order valence-electron chi connectivity index (χ4n) is 1.71. The first-order chi connectivity index (χ1) is 11.0. The Morgan fingerprint density at radius 3 is 2.33 bits per heavy atom. The maximum atomic E-state index is 12.3. The lowest BCUT2D eigenvalue weighted by Gasteiger charge is -2.21. The molecule has 9 heteroatoms. The first kappa shape index (κ1) is 18.8. The number of rotatable bonds is 4. The van der Waals surface area contributed by atoms with E-state index in [1.54, 1.807) is 39.1 Å². The summed E-state index contributed by atoms with van der Waals surface area (Å²) in [5.41, 5.74) is 1.72. The minimum atomic E-state index is -3.56. The highest BCUT2D eigenvalue weighted by molar-refractivity contribution is 7.94. The molecule has 0 atom stereocenters. The van der Waals surface area contributed by atoms with Gasteiger partial charge in [-0.15, -0.1) is 0 Å². The van der Waals surface area contributed by atoms with Crippen LogP contribution in [0.1, 0.15) is 26.3 Å². The van der Waals surface area contributed by atoms with Gasteiger partial charge < -0.3 is 5.32 Å². The van der Waals surface area contributed by atoms with Gasteiger partial charge in [-0.2, -0.15) is 0 Å². The van der Waals surface area contributed by atoms with E-state index in [0.29, 0.717) is 22.2 Å². The molecule has 0 aliphatic carbocycles. The molecule has 0 spiro atoms. The van der Waals surface area contributed by atoms with Crippen molar-refractivity contribution in [1.82, 2.24) is 9.97 Å². The van der Waals surface area contributed by atoms with Crippen LogP contribution in [0.15, 0.2) is 24.4 Å². The molecule has 0 fully saturated rings. The smallest absolute Gasteiger partial charge is 0.237 e. The number of sulfonamides is 1. The van der Waals surface area contributed by atoms with Crippen LogP contribution in [0.25, 0.3) is 0 Å². The molecule has 0 saturated heterocycles. The summed E-state index contributed by atoms with van der Waals surface area (Å²) in [5.74, 6) is 0.516. The summed E-state index contributed by atoms with van der Waals surface area (Å²) in [6, 6.07) is 4.83. The van der Waals surface area contributed by atoms with Crippen LogP contribution in [0.5, 0.6) is 0 Å². The summed E-state index contributed by atoms with van der Waals surface area (Å²) in [6.07, 6.45) is 1.59. The zero-order chi connectivity index (χ0) is 18.1. The number of hydrogen-bond donors (Lipinski definition) is 2. The topological polar surface area (TPSA) is 84.0 Å². The summed E-state index contributed by atoms with van der Waals surface area (Å²) < 4.78 is 26.2. The standard InChI is InChI=1S/C15H18Cl2N4O2S/c1-9-8-18-14(17)20-13(9)19-11-5-10(16)6-12(7-11)21-24(22,23)15(2,3)4/h5-8,21H,1-4H3,(H,18,19,20). The van der Waals surface area contributed by atoms with E-state index in [9.17, 15) is 8.42 Å². The van der Waals surface area contributed by atoms with E-state index in [-0.39, 0.29) is 5.28 Å². The number of hydrogen-bond acceptors (Lipinski definition) is 5. The van der Waals surface area contributed by atoms with Crippen LogP contribution < -0.4 is 10.0 Å². The van der Waals surface area contributed by atoms with Gasteiger partial charge in [-0.3, -0.25) is 4.72 Å². The van der Waals surface area contributed by atoms with E-state index < -0.39 is 14.8 Å². The van der Waals surface area contributed by atoms with E-state index in [2.05, 4.69) is 20.0 Å². The molecule has 0 aliphatic heterocycles. The summed E-state index contributed by atoms with van der Waals surface area (Å²) in [7, 11) is -3.56. The molecule has 0 unspecified atom stereocenters. The van der Waals surface area contributed by atoms with Crippen LogP contribution in [0, 0.1) is 6.92 Å². The molecule has 0 amide bonds.